The van der Waals surface area contributed by atoms with E-state index < -0.39 is 0 Å². The summed E-state index contributed by atoms with van der Waals surface area (Å²) in [4.78, 5) is 4.82. The zero-order valence-corrected chi connectivity index (χ0v) is 15.1. The highest BCUT2D eigenvalue weighted by atomic mass is 19.1. The van der Waals surface area contributed by atoms with Crippen LogP contribution in [0.15, 0.2) is 36.5 Å². The Morgan fingerprint density at radius 2 is 2.12 bits per heavy atom. The smallest absolute Gasteiger partial charge is 0.123 e. The summed E-state index contributed by atoms with van der Waals surface area (Å²) < 4.78 is 18.7. The molecule has 2 N–H and O–H groups in total. The number of fused-ring (bicyclic) bond motifs is 1. The van der Waals surface area contributed by atoms with Crippen LogP contribution >= 0.6 is 0 Å². The molecule has 1 saturated heterocycles. The van der Waals surface area contributed by atoms with Gasteiger partial charge in [0.15, 0.2) is 0 Å². The van der Waals surface area contributed by atoms with Gasteiger partial charge in [-0.2, -0.15) is 5.10 Å². The lowest BCUT2D eigenvalue weighted by Gasteiger charge is -2.25. The molecule has 0 aliphatic carbocycles. The molecular formula is C20H23FN4O. The summed E-state index contributed by atoms with van der Waals surface area (Å²) in [7, 11) is 0. The van der Waals surface area contributed by atoms with Crippen molar-refractivity contribution in [1.29, 1.82) is 0 Å². The lowest BCUT2D eigenvalue weighted by Crippen LogP contribution is -2.24. The molecule has 1 fully saturated rings. The predicted octanol–water partition coefficient (Wildman–Crippen LogP) is 3.82. The van der Waals surface area contributed by atoms with Gasteiger partial charge in [-0.1, -0.05) is 26.0 Å². The van der Waals surface area contributed by atoms with Gasteiger partial charge < -0.3 is 10.1 Å². The second-order valence-electron chi connectivity index (χ2n) is 7.58. The highest BCUT2D eigenvalue weighted by Gasteiger charge is 2.26. The zero-order valence-electron chi connectivity index (χ0n) is 15.1. The molecule has 4 rings (SSSR count). The third kappa shape index (κ3) is 3.42. The highest BCUT2D eigenvalue weighted by molar-refractivity contribution is 5.87. The topological polar surface area (TPSA) is 62.8 Å². The summed E-state index contributed by atoms with van der Waals surface area (Å²) in [5.41, 5.74) is 4.63. The number of nitrogens with one attached hydrogen (secondary N) is 2. The van der Waals surface area contributed by atoms with E-state index in [1.54, 1.807) is 6.20 Å². The average molecular weight is 354 g/mol. The Labute approximate surface area is 152 Å². The van der Waals surface area contributed by atoms with E-state index in [4.69, 9.17) is 9.72 Å². The van der Waals surface area contributed by atoms with Crippen molar-refractivity contribution >= 4 is 16.7 Å². The third-order valence-corrected chi connectivity index (χ3v) is 4.95. The minimum absolute atomic E-state index is 0.202. The Hall–Kier alpha value is -2.47. The molecule has 0 unspecified atom stereocenters. The lowest BCUT2D eigenvalue weighted by molar-refractivity contribution is 0.195. The largest absolute Gasteiger partial charge is 0.379 e. The molecule has 0 amide bonds. The van der Waals surface area contributed by atoms with Crippen molar-refractivity contribution in [3.8, 4) is 0 Å². The van der Waals surface area contributed by atoms with Gasteiger partial charge in [0.05, 0.1) is 24.5 Å². The molecule has 1 aliphatic heterocycles. The number of aromatic amines is 1. The Balaban J connectivity index is 1.66. The van der Waals surface area contributed by atoms with Crippen molar-refractivity contribution in [2.75, 3.05) is 18.5 Å². The molecule has 0 bridgehead atoms. The zero-order chi connectivity index (χ0) is 18.1. The van der Waals surface area contributed by atoms with Crippen molar-refractivity contribution in [2.24, 2.45) is 0 Å². The molecule has 6 heteroatoms. The van der Waals surface area contributed by atoms with Gasteiger partial charge in [0, 0.05) is 17.7 Å². The van der Waals surface area contributed by atoms with E-state index in [0.29, 0.717) is 12.6 Å². The van der Waals surface area contributed by atoms with Gasteiger partial charge in [0.2, 0.25) is 0 Å². The van der Waals surface area contributed by atoms with Gasteiger partial charge >= 0.3 is 0 Å². The molecule has 3 aromatic rings. The van der Waals surface area contributed by atoms with Crippen LogP contribution in [0.5, 0.6) is 0 Å². The van der Waals surface area contributed by atoms with Gasteiger partial charge in [0.25, 0.3) is 0 Å². The van der Waals surface area contributed by atoms with Gasteiger partial charge in [-0.3, -0.25) is 5.10 Å². The maximum Gasteiger partial charge on any atom is 0.123 e. The molecule has 3 heterocycles. The number of benzene rings is 1. The molecule has 0 radical (unpaired) electrons. The van der Waals surface area contributed by atoms with Crippen LogP contribution in [0.3, 0.4) is 0 Å². The number of pyridine rings is 1. The average Bonchev–Trinajstić information content (AvgIpc) is 3.28. The summed E-state index contributed by atoms with van der Waals surface area (Å²) in [5, 5.41) is 10.8. The fourth-order valence-corrected chi connectivity index (χ4v) is 3.47. The Kier molecular flexibility index (Phi) is 4.36. The molecule has 1 atom stereocenters. The number of nitrogens with zero attached hydrogens (tertiary/aromatic N) is 2. The quantitative estimate of drug-likeness (QED) is 0.731. The van der Waals surface area contributed by atoms with Crippen molar-refractivity contribution in [1.82, 2.24) is 15.2 Å². The highest BCUT2D eigenvalue weighted by Crippen LogP contribution is 2.32. The fraction of sp³-hybridized carbons (Fsp3) is 0.400. The maximum absolute atomic E-state index is 13.2. The van der Waals surface area contributed by atoms with E-state index in [2.05, 4.69) is 35.4 Å². The first-order valence-corrected chi connectivity index (χ1v) is 8.95. The number of hydrogen-bond donors (Lipinski definition) is 2. The summed E-state index contributed by atoms with van der Waals surface area (Å²) in [6, 6.07) is 9.08. The van der Waals surface area contributed by atoms with E-state index in [1.807, 2.05) is 12.1 Å². The van der Waals surface area contributed by atoms with Gasteiger partial charge in [0.1, 0.15) is 16.9 Å². The van der Waals surface area contributed by atoms with E-state index in [9.17, 15) is 4.39 Å². The molecule has 1 aliphatic rings. The van der Waals surface area contributed by atoms with Gasteiger partial charge in [-0.25, -0.2) is 9.37 Å². The molecule has 0 saturated carbocycles. The Morgan fingerprint density at radius 1 is 1.31 bits per heavy atom. The first-order chi connectivity index (χ1) is 12.5. The minimum atomic E-state index is -0.213. The van der Waals surface area contributed by atoms with Crippen LogP contribution in [0.1, 0.15) is 31.5 Å². The lowest BCUT2D eigenvalue weighted by atomic mass is 9.82. The number of hydrogen-bond acceptors (Lipinski definition) is 4. The number of halogens is 1. The number of ether oxygens (including phenoxy) is 1. The van der Waals surface area contributed by atoms with Gasteiger partial charge in [-0.15, -0.1) is 0 Å². The standard InChI is InChI=1S/C20H23FN4O/c1-20(2,10-13-3-5-14(21)6-4-13)18-9-16(23-15-7-8-26-12-15)19-17(24-18)11-22-25-19/h3-6,9,11,15H,7-8,10,12H2,1-2H3,(H,22,25)(H,23,24)/t15-/m1/s1. The summed E-state index contributed by atoms with van der Waals surface area (Å²) in [5.74, 6) is -0.213. The van der Waals surface area contributed by atoms with Crippen LogP contribution in [-0.2, 0) is 16.6 Å². The molecule has 2 aromatic heterocycles. The van der Waals surface area contributed by atoms with E-state index in [0.717, 1.165) is 47.4 Å². The van der Waals surface area contributed by atoms with Crippen molar-refractivity contribution in [2.45, 2.75) is 38.1 Å². The van der Waals surface area contributed by atoms with E-state index >= 15 is 0 Å². The van der Waals surface area contributed by atoms with Crippen LogP contribution in [0.25, 0.3) is 11.0 Å². The van der Waals surface area contributed by atoms with Crippen LogP contribution < -0.4 is 5.32 Å². The summed E-state index contributed by atoms with van der Waals surface area (Å²) in [6.07, 6.45) is 3.52. The Morgan fingerprint density at radius 3 is 2.85 bits per heavy atom. The molecule has 0 spiro atoms. The number of H-pyrrole nitrogens is 1. The summed E-state index contributed by atoms with van der Waals surface area (Å²) in [6.45, 7) is 5.82. The summed E-state index contributed by atoms with van der Waals surface area (Å²) >= 11 is 0. The first kappa shape index (κ1) is 17.0. The van der Waals surface area contributed by atoms with E-state index in [1.165, 1.54) is 12.1 Å². The molecular weight excluding hydrogens is 331 g/mol. The second kappa shape index (κ2) is 6.68. The van der Waals surface area contributed by atoms with E-state index in [-0.39, 0.29) is 11.2 Å². The number of aromatic nitrogens is 3. The maximum atomic E-state index is 13.2. The van der Waals surface area contributed by atoms with Crippen LogP contribution in [0, 0.1) is 5.82 Å². The predicted molar refractivity (Wildman–Crippen MR) is 99.9 cm³/mol. The molecule has 26 heavy (non-hydrogen) atoms. The first-order valence-electron chi connectivity index (χ1n) is 8.95. The molecule has 136 valence electrons. The van der Waals surface area contributed by atoms with Crippen molar-refractivity contribution in [3.05, 3.63) is 53.6 Å². The second-order valence-corrected chi connectivity index (χ2v) is 7.58. The number of anilines is 1. The minimum Gasteiger partial charge on any atom is -0.379 e. The fourth-order valence-electron chi connectivity index (χ4n) is 3.47. The van der Waals surface area contributed by atoms with Crippen LogP contribution in [0.2, 0.25) is 0 Å². The monoisotopic (exact) mass is 354 g/mol. The van der Waals surface area contributed by atoms with Crippen molar-refractivity contribution < 1.29 is 9.13 Å². The van der Waals surface area contributed by atoms with Gasteiger partial charge in [-0.05, 0) is 36.6 Å². The molecule has 1 aromatic carbocycles. The number of rotatable bonds is 5. The van der Waals surface area contributed by atoms with Crippen molar-refractivity contribution in [3.63, 3.8) is 0 Å². The Bertz CT molecular complexity index is 898. The third-order valence-electron chi connectivity index (χ3n) is 4.95. The SMILES string of the molecule is CC(C)(Cc1ccc(F)cc1)c1cc(N[C@@H]2CCOC2)c2[nH]ncc2n1. The van der Waals surface area contributed by atoms with Crippen LogP contribution in [-0.4, -0.2) is 34.4 Å². The normalized spacial score (nSPS) is 17.7. The van der Waals surface area contributed by atoms with Crippen LogP contribution in [0.4, 0.5) is 10.1 Å². The molecule has 5 nitrogen and oxygen atoms in total.